The third kappa shape index (κ3) is 24.7. The van der Waals surface area contributed by atoms with E-state index in [-0.39, 0.29) is 0 Å². The van der Waals surface area contributed by atoms with Crippen LogP contribution in [0.15, 0.2) is 12.2 Å². The fourth-order valence-corrected chi connectivity index (χ4v) is 3.71. The van der Waals surface area contributed by atoms with E-state index in [2.05, 4.69) is 6.92 Å². The molecule has 0 rings (SSSR count). The van der Waals surface area contributed by atoms with Gasteiger partial charge in [-0.25, -0.2) is 4.79 Å². The maximum absolute atomic E-state index is 11.1. The average Bonchev–Trinajstić information content (AvgIpc) is 2.73. The van der Waals surface area contributed by atoms with Crippen molar-refractivity contribution in [2.24, 2.45) is 0 Å². The van der Waals surface area contributed by atoms with Gasteiger partial charge in [-0.1, -0.05) is 129 Å². The summed E-state index contributed by atoms with van der Waals surface area (Å²) >= 11 is 0. The Morgan fingerprint density at radius 3 is 1.23 bits per heavy atom. The zero-order chi connectivity index (χ0) is 22.1. The molecular weight excluding hydrogens is 376 g/mol. The molecule has 4 nitrogen and oxygen atoms in total. The Bertz CT molecular complexity index is 417. The number of aliphatic carboxylic acids is 1. The highest BCUT2D eigenvalue weighted by Gasteiger charge is 1.98. The van der Waals surface area contributed by atoms with E-state index >= 15 is 0 Å². The number of unbranched alkanes of at least 4 members (excludes halogenated alkanes) is 19. The van der Waals surface area contributed by atoms with Gasteiger partial charge in [-0.2, -0.15) is 0 Å². The molecule has 0 aromatic rings. The Kier molecular flexibility index (Phi) is 22.9. The predicted octanol–water partition coefficient (Wildman–Crippen LogP) is 6.66. The molecule has 0 heterocycles. The molecule has 0 amide bonds. The standard InChI is InChI=1S/C26H48O4/c1-2-3-4-5-6-7-8-9-10-11-12-13-14-15-16-17-18-19-20-21-24-30-26(29)23-22-25(27)28/h22-23H,2-21,24H2,1H3,(H,27,28)/p-1. The summed E-state index contributed by atoms with van der Waals surface area (Å²) in [6, 6.07) is 0. The van der Waals surface area contributed by atoms with Gasteiger partial charge in [-0.3, -0.25) is 0 Å². The van der Waals surface area contributed by atoms with Crippen molar-refractivity contribution in [1.82, 2.24) is 0 Å². The molecule has 0 bridgehead atoms. The molecule has 0 unspecified atom stereocenters. The maximum atomic E-state index is 11.1. The van der Waals surface area contributed by atoms with Crippen molar-refractivity contribution in [3.8, 4) is 0 Å². The molecule has 4 heteroatoms. The van der Waals surface area contributed by atoms with Gasteiger partial charge in [-0.15, -0.1) is 0 Å². The lowest BCUT2D eigenvalue weighted by Gasteiger charge is -2.04. The summed E-state index contributed by atoms with van der Waals surface area (Å²) in [5.41, 5.74) is 0. The summed E-state index contributed by atoms with van der Waals surface area (Å²) < 4.78 is 4.91. The highest BCUT2D eigenvalue weighted by molar-refractivity contribution is 5.89. The van der Waals surface area contributed by atoms with Gasteiger partial charge in [0.1, 0.15) is 0 Å². The smallest absolute Gasteiger partial charge is 0.330 e. The van der Waals surface area contributed by atoms with E-state index in [0.29, 0.717) is 12.7 Å². The van der Waals surface area contributed by atoms with Crippen LogP contribution in [0.1, 0.15) is 135 Å². The molecule has 176 valence electrons. The minimum atomic E-state index is -1.38. The summed E-state index contributed by atoms with van der Waals surface area (Å²) in [7, 11) is 0. The molecule has 0 spiro atoms. The maximum Gasteiger partial charge on any atom is 0.330 e. The monoisotopic (exact) mass is 423 g/mol. The van der Waals surface area contributed by atoms with Crippen molar-refractivity contribution in [2.75, 3.05) is 6.61 Å². The SMILES string of the molecule is CCCCCCCCCCCCCCCCCCCCCCOC(=O)C=CC(=O)[O-]. The van der Waals surface area contributed by atoms with Crippen LogP contribution in [0.5, 0.6) is 0 Å². The molecule has 0 radical (unpaired) electrons. The average molecular weight is 424 g/mol. The summed E-state index contributed by atoms with van der Waals surface area (Å²) in [5.74, 6) is -2.00. The molecule has 0 aromatic carbocycles. The van der Waals surface area contributed by atoms with E-state index in [0.717, 1.165) is 18.9 Å². The van der Waals surface area contributed by atoms with Crippen LogP contribution in [0.4, 0.5) is 0 Å². The van der Waals surface area contributed by atoms with Crippen molar-refractivity contribution in [3.63, 3.8) is 0 Å². The normalized spacial score (nSPS) is 11.2. The topological polar surface area (TPSA) is 66.4 Å². The summed E-state index contributed by atoms with van der Waals surface area (Å²) in [6.07, 6.45) is 28.3. The van der Waals surface area contributed by atoms with Crippen molar-refractivity contribution >= 4 is 11.9 Å². The fourth-order valence-electron chi connectivity index (χ4n) is 3.71. The number of ether oxygens (including phenoxy) is 1. The Hall–Kier alpha value is -1.32. The molecule has 0 fully saturated rings. The lowest BCUT2D eigenvalue weighted by molar-refractivity contribution is -0.297. The molecule has 0 aliphatic rings. The van der Waals surface area contributed by atoms with Gasteiger partial charge in [0.15, 0.2) is 0 Å². The zero-order valence-corrected chi connectivity index (χ0v) is 19.6. The van der Waals surface area contributed by atoms with Crippen molar-refractivity contribution in [1.29, 1.82) is 0 Å². The minimum absolute atomic E-state index is 0.356. The largest absolute Gasteiger partial charge is 0.545 e. The second kappa shape index (κ2) is 24.0. The predicted molar refractivity (Wildman–Crippen MR) is 123 cm³/mol. The quantitative estimate of drug-likeness (QED) is 0.105. The first kappa shape index (κ1) is 28.7. The van der Waals surface area contributed by atoms with Gasteiger partial charge < -0.3 is 14.6 Å². The minimum Gasteiger partial charge on any atom is -0.545 e. The number of carbonyl (C=O) groups excluding carboxylic acids is 2. The van der Waals surface area contributed by atoms with Crippen molar-refractivity contribution in [3.05, 3.63) is 12.2 Å². The van der Waals surface area contributed by atoms with Crippen LogP contribution in [0.2, 0.25) is 0 Å². The summed E-state index contributed by atoms with van der Waals surface area (Å²) in [6.45, 7) is 2.63. The molecule has 0 atom stereocenters. The van der Waals surface area contributed by atoms with Crippen molar-refractivity contribution in [2.45, 2.75) is 135 Å². The van der Waals surface area contributed by atoms with E-state index in [9.17, 15) is 14.7 Å². The van der Waals surface area contributed by atoms with E-state index < -0.39 is 11.9 Å². The van der Waals surface area contributed by atoms with Crippen LogP contribution in [0.25, 0.3) is 0 Å². The Balaban J connectivity index is 3.11. The second-order valence-electron chi connectivity index (χ2n) is 8.54. The van der Waals surface area contributed by atoms with Gasteiger partial charge in [0.05, 0.1) is 12.6 Å². The van der Waals surface area contributed by atoms with Gasteiger partial charge in [0.2, 0.25) is 0 Å². The number of carbonyl (C=O) groups is 2. The Morgan fingerprint density at radius 1 is 0.567 bits per heavy atom. The van der Waals surface area contributed by atoms with Gasteiger partial charge >= 0.3 is 5.97 Å². The van der Waals surface area contributed by atoms with E-state index in [4.69, 9.17) is 4.74 Å². The van der Waals surface area contributed by atoms with Gasteiger partial charge in [0.25, 0.3) is 0 Å². The van der Waals surface area contributed by atoms with Crippen LogP contribution in [0.3, 0.4) is 0 Å². The molecule has 0 aliphatic heterocycles. The number of carboxylic acid groups (broad SMARTS) is 1. The van der Waals surface area contributed by atoms with Crippen LogP contribution >= 0.6 is 0 Å². The molecule has 0 aromatic heterocycles. The number of carboxylic acids is 1. The second-order valence-corrected chi connectivity index (χ2v) is 8.54. The lowest BCUT2D eigenvalue weighted by Crippen LogP contribution is -2.19. The number of hydrogen-bond donors (Lipinski definition) is 0. The summed E-state index contributed by atoms with van der Waals surface area (Å²) in [5, 5.41) is 10.2. The van der Waals surface area contributed by atoms with Crippen LogP contribution in [-0.2, 0) is 14.3 Å². The van der Waals surface area contributed by atoms with Gasteiger partial charge in [0, 0.05) is 6.08 Å². The van der Waals surface area contributed by atoms with Crippen LogP contribution in [0, 0.1) is 0 Å². The van der Waals surface area contributed by atoms with Gasteiger partial charge in [-0.05, 0) is 12.5 Å². The fraction of sp³-hybridized carbons (Fsp3) is 0.846. The van der Waals surface area contributed by atoms with Crippen LogP contribution < -0.4 is 5.11 Å². The molecule has 0 saturated carbocycles. The Labute approximate surface area is 185 Å². The van der Waals surface area contributed by atoms with Crippen molar-refractivity contribution < 1.29 is 19.4 Å². The first-order valence-electron chi connectivity index (χ1n) is 12.7. The molecule has 0 N–H and O–H groups in total. The van der Waals surface area contributed by atoms with Crippen LogP contribution in [-0.4, -0.2) is 18.5 Å². The first-order chi connectivity index (χ1) is 14.7. The first-order valence-corrected chi connectivity index (χ1v) is 12.7. The molecule has 0 aliphatic carbocycles. The number of esters is 1. The third-order valence-corrected chi connectivity index (χ3v) is 5.60. The highest BCUT2D eigenvalue weighted by Crippen LogP contribution is 2.14. The zero-order valence-electron chi connectivity index (χ0n) is 19.6. The number of rotatable bonds is 23. The van der Waals surface area contributed by atoms with E-state index in [1.165, 1.54) is 116 Å². The molecule has 30 heavy (non-hydrogen) atoms. The number of hydrogen-bond acceptors (Lipinski definition) is 4. The highest BCUT2D eigenvalue weighted by atomic mass is 16.5. The Morgan fingerprint density at radius 2 is 0.900 bits per heavy atom. The van der Waals surface area contributed by atoms with E-state index in [1.54, 1.807) is 0 Å². The lowest BCUT2D eigenvalue weighted by atomic mass is 10.0. The summed E-state index contributed by atoms with van der Waals surface area (Å²) in [4.78, 5) is 21.3. The molecular formula is C26H47O4-. The molecule has 0 saturated heterocycles. The third-order valence-electron chi connectivity index (χ3n) is 5.60. The van der Waals surface area contributed by atoms with E-state index in [1.807, 2.05) is 0 Å².